The average molecular weight is 443 g/mol. The summed E-state index contributed by atoms with van der Waals surface area (Å²) < 4.78 is 5.65. The number of benzene rings is 2. The Morgan fingerprint density at radius 1 is 1.00 bits per heavy atom. The van der Waals surface area contributed by atoms with Crippen molar-refractivity contribution in [1.29, 1.82) is 0 Å². The Balaban J connectivity index is 2.42. The van der Waals surface area contributed by atoms with Gasteiger partial charge in [0.2, 0.25) is 11.8 Å². The number of carbonyl (C=O) groups excluding carboxylic acids is 2. The Labute approximate surface area is 189 Å². The SMILES string of the molecule is CNC(=O)C(NC(=O)C(Cc1ccc2ccccc2c1)C(OC(C)C)C(=O)O)C(C)(C)C. The van der Waals surface area contributed by atoms with Gasteiger partial charge in [-0.15, -0.1) is 0 Å². The van der Waals surface area contributed by atoms with Crippen LogP contribution in [0.15, 0.2) is 42.5 Å². The molecule has 0 saturated carbocycles. The van der Waals surface area contributed by atoms with Gasteiger partial charge < -0.3 is 20.5 Å². The highest BCUT2D eigenvalue weighted by molar-refractivity contribution is 5.92. The van der Waals surface area contributed by atoms with Crippen molar-refractivity contribution in [2.75, 3.05) is 7.05 Å². The molecular weight excluding hydrogens is 408 g/mol. The summed E-state index contributed by atoms with van der Waals surface area (Å²) in [4.78, 5) is 37.9. The number of amides is 2. The van der Waals surface area contributed by atoms with Crippen LogP contribution in [-0.2, 0) is 25.5 Å². The van der Waals surface area contributed by atoms with Gasteiger partial charge >= 0.3 is 5.97 Å². The Morgan fingerprint density at radius 2 is 1.62 bits per heavy atom. The van der Waals surface area contributed by atoms with Crippen LogP contribution < -0.4 is 10.6 Å². The van der Waals surface area contributed by atoms with Crippen LogP contribution in [0.5, 0.6) is 0 Å². The third kappa shape index (κ3) is 6.53. The molecule has 0 fully saturated rings. The van der Waals surface area contributed by atoms with E-state index < -0.39 is 35.4 Å². The van der Waals surface area contributed by atoms with Crippen LogP contribution in [0.4, 0.5) is 0 Å². The quantitative estimate of drug-likeness (QED) is 0.553. The largest absolute Gasteiger partial charge is 0.479 e. The van der Waals surface area contributed by atoms with Gasteiger partial charge in [0.1, 0.15) is 6.04 Å². The number of hydrogen-bond donors (Lipinski definition) is 3. The Bertz CT molecular complexity index is 964. The lowest BCUT2D eigenvalue weighted by Gasteiger charge is -2.32. The maximum Gasteiger partial charge on any atom is 0.333 e. The summed E-state index contributed by atoms with van der Waals surface area (Å²) in [6, 6.07) is 12.8. The van der Waals surface area contributed by atoms with E-state index >= 15 is 0 Å². The molecule has 7 heteroatoms. The molecule has 0 spiro atoms. The summed E-state index contributed by atoms with van der Waals surface area (Å²) in [5, 5.41) is 17.3. The Hall–Kier alpha value is -2.93. The number of hydrogen-bond acceptors (Lipinski definition) is 4. The lowest BCUT2D eigenvalue weighted by molar-refractivity contribution is -0.162. The molecule has 0 aliphatic rings. The lowest BCUT2D eigenvalue weighted by atomic mass is 9.84. The van der Waals surface area contributed by atoms with Crippen molar-refractivity contribution < 1.29 is 24.2 Å². The van der Waals surface area contributed by atoms with Gasteiger partial charge in [-0.1, -0.05) is 63.2 Å². The zero-order valence-corrected chi connectivity index (χ0v) is 19.6. The van der Waals surface area contributed by atoms with E-state index in [4.69, 9.17) is 4.74 Å². The number of carboxylic acid groups (broad SMARTS) is 1. The van der Waals surface area contributed by atoms with Crippen LogP contribution in [0.1, 0.15) is 40.2 Å². The molecule has 2 amide bonds. The monoisotopic (exact) mass is 442 g/mol. The Kier molecular flexibility index (Phi) is 8.38. The first-order valence-corrected chi connectivity index (χ1v) is 10.8. The third-order valence-corrected chi connectivity index (χ3v) is 5.30. The highest BCUT2D eigenvalue weighted by Crippen LogP contribution is 2.24. The van der Waals surface area contributed by atoms with Crippen molar-refractivity contribution in [3.63, 3.8) is 0 Å². The summed E-state index contributed by atoms with van der Waals surface area (Å²) >= 11 is 0. The summed E-state index contributed by atoms with van der Waals surface area (Å²) in [7, 11) is 1.50. The van der Waals surface area contributed by atoms with Crippen LogP contribution in [0.2, 0.25) is 0 Å². The molecule has 2 rings (SSSR count). The van der Waals surface area contributed by atoms with Crippen LogP contribution in [0.3, 0.4) is 0 Å². The van der Waals surface area contributed by atoms with Gasteiger partial charge in [0.05, 0.1) is 12.0 Å². The number of likely N-dealkylation sites (N-methyl/N-ethyl adjacent to an activating group) is 1. The first-order valence-electron chi connectivity index (χ1n) is 10.8. The van der Waals surface area contributed by atoms with Gasteiger partial charge in [-0.25, -0.2) is 4.79 Å². The van der Waals surface area contributed by atoms with E-state index in [0.717, 1.165) is 16.3 Å². The van der Waals surface area contributed by atoms with E-state index in [1.165, 1.54) is 7.05 Å². The molecule has 2 aromatic rings. The summed E-state index contributed by atoms with van der Waals surface area (Å²) in [5.74, 6) is -3.11. The first-order chi connectivity index (χ1) is 14.9. The first kappa shape index (κ1) is 25.3. The minimum Gasteiger partial charge on any atom is -0.479 e. The second kappa shape index (κ2) is 10.6. The molecule has 7 nitrogen and oxygen atoms in total. The highest BCUT2D eigenvalue weighted by Gasteiger charge is 2.39. The molecule has 0 aliphatic carbocycles. The lowest BCUT2D eigenvalue weighted by Crippen LogP contribution is -2.56. The van der Waals surface area contributed by atoms with E-state index in [1.807, 2.05) is 63.2 Å². The van der Waals surface area contributed by atoms with E-state index in [9.17, 15) is 19.5 Å². The number of carboxylic acids is 1. The molecule has 2 aromatic carbocycles. The van der Waals surface area contributed by atoms with Crippen LogP contribution in [-0.4, -0.2) is 48.2 Å². The molecule has 32 heavy (non-hydrogen) atoms. The molecule has 3 N–H and O–H groups in total. The molecule has 0 radical (unpaired) electrons. The van der Waals surface area contributed by atoms with Crippen molar-refractivity contribution in [2.24, 2.45) is 11.3 Å². The summed E-state index contributed by atoms with van der Waals surface area (Å²) in [6.45, 7) is 8.97. The zero-order chi connectivity index (χ0) is 24.1. The predicted molar refractivity (Wildman–Crippen MR) is 124 cm³/mol. The molecule has 0 heterocycles. The molecule has 0 aliphatic heterocycles. The molecule has 0 saturated heterocycles. The number of fused-ring (bicyclic) bond motifs is 1. The van der Waals surface area contributed by atoms with Gasteiger partial charge in [0, 0.05) is 7.05 Å². The highest BCUT2D eigenvalue weighted by atomic mass is 16.5. The zero-order valence-electron chi connectivity index (χ0n) is 19.6. The second-order valence-corrected chi connectivity index (χ2v) is 9.36. The Morgan fingerprint density at radius 3 is 2.16 bits per heavy atom. The van der Waals surface area contributed by atoms with Gasteiger partial charge in [-0.3, -0.25) is 9.59 Å². The van der Waals surface area contributed by atoms with E-state index in [1.54, 1.807) is 13.8 Å². The van der Waals surface area contributed by atoms with Gasteiger partial charge in [-0.05, 0) is 42.0 Å². The molecule has 0 bridgehead atoms. The fourth-order valence-electron chi connectivity index (χ4n) is 3.64. The standard InChI is InChI=1S/C25H34N2O5/c1-15(2)32-20(24(30)31)19(22(28)27-21(23(29)26-6)25(3,4)5)14-16-11-12-17-9-7-8-10-18(17)13-16/h7-13,15,19-21H,14H2,1-6H3,(H,26,29)(H,27,28)(H,30,31). The predicted octanol–water partition coefficient (Wildman–Crippen LogP) is 3.15. The maximum atomic E-state index is 13.4. The smallest absolute Gasteiger partial charge is 0.333 e. The summed E-state index contributed by atoms with van der Waals surface area (Å²) in [6.07, 6.45) is -1.59. The summed E-state index contributed by atoms with van der Waals surface area (Å²) in [5.41, 5.74) is 0.246. The molecule has 3 atom stereocenters. The van der Waals surface area contributed by atoms with Crippen LogP contribution in [0.25, 0.3) is 10.8 Å². The average Bonchev–Trinajstić information content (AvgIpc) is 2.72. The maximum absolute atomic E-state index is 13.4. The normalized spacial score (nSPS) is 14.6. The third-order valence-electron chi connectivity index (χ3n) is 5.30. The minimum absolute atomic E-state index is 0.158. The van der Waals surface area contributed by atoms with Gasteiger partial charge in [0.25, 0.3) is 0 Å². The molecule has 3 unspecified atom stereocenters. The minimum atomic E-state index is -1.35. The fourth-order valence-corrected chi connectivity index (χ4v) is 3.64. The van der Waals surface area contributed by atoms with Crippen molar-refractivity contribution in [2.45, 2.75) is 59.3 Å². The number of nitrogens with one attached hydrogen (secondary N) is 2. The van der Waals surface area contributed by atoms with Crippen molar-refractivity contribution in [3.05, 3.63) is 48.0 Å². The molecular formula is C25H34N2O5. The number of ether oxygens (including phenoxy) is 1. The van der Waals surface area contributed by atoms with Gasteiger partial charge in [-0.2, -0.15) is 0 Å². The van der Waals surface area contributed by atoms with Crippen molar-refractivity contribution in [1.82, 2.24) is 10.6 Å². The fraction of sp³-hybridized carbons (Fsp3) is 0.480. The van der Waals surface area contributed by atoms with Crippen LogP contribution in [0, 0.1) is 11.3 Å². The van der Waals surface area contributed by atoms with E-state index in [0.29, 0.717) is 0 Å². The van der Waals surface area contributed by atoms with E-state index in [-0.39, 0.29) is 18.4 Å². The van der Waals surface area contributed by atoms with Crippen molar-refractivity contribution >= 4 is 28.6 Å². The van der Waals surface area contributed by atoms with E-state index in [2.05, 4.69) is 10.6 Å². The number of rotatable bonds is 9. The van der Waals surface area contributed by atoms with Gasteiger partial charge in [0.15, 0.2) is 6.10 Å². The van der Waals surface area contributed by atoms with Crippen LogP contribution >= 0.6 is 0 Å². The number of carbonyl (C=O) groups is 3. The topological polar surface area (TPSA) is 105 Å². The molecule has 0 aromatic heterocycles. The number of aliphatic carboxylic acids is 1. The second-order valence-electron chi connectivity index (χ2n) is 9.36. The molecule has 174 valence electrons. The van der Waals surface area contributed by atoms with Crippen molar-refractivity contribution in [3.8, 4) is 0 Å².